The van der Waals surface area contributed by atoms with Crippen molar-refractivity contribution >= 4 is 43.9 Å². The Labute approximate surface area is 194 Å². The molecule has 1 N–H and O–H groups in total. The van der Waals surface area contributed by atoms with E-state index in [4.69, 9.17) is 0 Å². The number of carbonyl (C=O) groups is 1. The topological polar surface area (TPSA) is 94.7 Å². The molecule has 1 aliphatic rings. The molecule has 4 aromatic rings. The number of hydrogen-bond donors (Lipinski definition) is 1. The molecule has 0 saturated carbocycles. The van der Waals surface area contributed by atoms with E-state index < -0.39 is 6.55 Å². The Morgan fingerprint density at radius 2 is 2.06 bits per heavy atom. The predicted molar refractivity (Wildman–Crippen MR) is 123 cm³/mol. The first kappa shape index (κ1) is 21.8. The summed E-state index contributed by atoms with van der Waals surface area (Å²) >= 11 is 2.67. The average Bonchev–Trinajstić information content (AvgIpc) is 3.49. The Kier molecular flexibility index (Phi) is 5.79. The number of aromatic nitrogens is 5. The lowest BCUT2D eigenvalue weighted by atomic mass is 9.97. The molecule has 12 heteroatoms. The van der Waals surface area contributed by atoms with Gasteiger partial charge in [-0.2, -0.15) is 8.78 Å². The van der Waals surface area contributed by atoms with Gasteiger partial charge in [-0.3, -0.25) is 18.7 Å². The number of hydrogen-bond acceptors (Lipinski definition) is 7. The largest absolute Gasteiger partial charge is 0.320 e. The molecule has 0 unspecified atom stereocenters. The van der Waals surface area contributed by atoms with Gasteiger partial charge in [-0.15, -0.1) is 11.3 Å². The zero-order chi connectivity index (χ0) is 23.1. The first-order valence-corrected chi connectivity index (χ1v) is 12.1. The highest BCUT2D eigenvalue weighted by Crippen LogP contribution is 2.34. The molecule has 4 heterocycles. The number of fused-ring (bicyclic) bond motifs is 3. The van der Waals surface area contributed by atoms with Crippen molar-refractivity contribution in [3.63, 3.8) is 0 Å². The van der Waals surface area contributed by atoms with Gasteiger partial charge in [0.1, 0.15) is 4.83 Å². The third-order valence-electron chi connectivity index (χ3n) is 5.65. The first-order chi connectivity index (χ1) is 15.9. The molecule has 33 heavy (non-hydrogen) atoms. The Bertz CT molecular complexity index is 1400. The zero-order valence-corrected chi connectivity index (χ0v) is 19.3. The minimum Gasteiger partial charge on any atom is -0.302 e. The molecule has 0 aliphatic heterocycles. The Morgan fingerprint density at radius 3 is 2.88 bits per heavy atom. The predicted octanol–water partition coefficient (Wildman–Crippen LogP) is 4.39. The van der Waals surface area contributed by atoms with Crippen LogP contribution in [0.2, 0.25) is 0 Å². The molecule has 172 valence electrons. The van der Waals surface area contributed by atoms with Crippen molar-refractivity contribution in [1.29, 1.82) is 0 Å². The van der Waals surface area contributed by atoms with Crippen LogP contribution in [0.1, 0.15) is 41.9 Å². The van der Waals surface area contributed by atoms with Gasteiger partial charge in [-0.25, -0.2) is 15.0 Å². The van der Waals surface area contributed by atoms with E-state index in [1.165, 1.54) is 28.2 Å². The number of nitrogens with one attached hydrogen (secondary N) is 1. The molecule has 1 aliphatic carbocycles. The Balaban J connectivity index is 1.30. The number of carbonyl (C=O) groups excluding carboxylic acids is 1. The molecular formula is C21H20F2N6O2S2. The van der Waals surface area contributed by atoms with E-state index in [-0.39, 0.29) is 30.3 Å². The summed E-state index contributed by atoms with van der Waals surface area (Å²) in [7, 11) is 0. The summed E-state index contributed by atoms with van der Waals surface area (Å²) in [6.45, 7) is -0.862. The van der Waals surface area contributed by atoms with E-state index in [2.05, 4.69) is 20.3 Å². The van der Waals surface area contributed by atoms with Gasteiger partial charge in [0.2, 0.25) is 5.91 Å². The number of thiophene rings is 1. The van der Waals surface area contributed by atoms with Crippen LogP contribution in [0.4, 0.5) is 13.9 Å². The second-order valence-electron chi connectivity index (χ2n) is 7.80. The van der Waals surface area contributed by atoms with Crippen molar-refractivity contribution in [2.75, 3.05) is 5.32 Å². The Morgan fingerprint density at radius 1 is 1.24 bits per heavy atom. The van der Waals surface area contributed by atoms with Gasteiger partial charge in [0, 0.05) is 30.2 Å². The highest BCUT2D eigenvalue weighted by atomic mass is 32.1. The molecule has 4 aromatic heterocycles. The van der Waals surface area contributed by atoms with Gasteiger partial charge in [0.05, 0.1) is 22.3 Å². The standard InChI is InChI=1S/C21H20F2N6O2S2/c1-11-16(17-24-7-9-29(17)20(22)23)33-21(26-11)27-14(30)6-8-28-10-25-18-15(19(28)31)12-4-2-3-5-13(12)32-18/h7,9-10,20H,2-6,8H2,1H3,(H,26,27,30). The van der Waals surface area contributed by atoms with Gasteiger partial charge in [-0.05, 0) is 38.2 Å². The molecule has 0 atom stereocenters. The number of alkyl halides is 2. The minimum atomic E-state index is -2.72. The maximum absolute atomic E-state index is 13.2. The van der Waals surface area contributed by atoms with Gasteiger partial charge in [0.25, 0.3) is 5.56 Å². The molecule has 0 saturated heterocycles. The smallest absolute Gasteiger partial charge is 0.302 e. The maximum atomic E-state index is 13.2. The summed E-state index contributed by atoms with van der Waals surface area (Å²) < 4.78 is 28.6. The van der Waals surface area contributed by atoms with Crippen molar-refractivity contribution in [3.8, 4) is 10.7 Å². The SMILES string of the molecule is Cc1nc(NC(=O)CCn2cnc3sc4c(c3c2=O)CCCC4)sc1-c1nccn1C(F)F. The summed E-state index contributed by atoms with van der Waals surface area (Å²) in [4.78, 5) is 40.7. The Hall–Kier alpha value is -2.99. The summed E-state index contributed by atoms with van der Waals surface area (Å²) in [5, 5.41) is 3.68. The third kappa shape index (κ3) is 4.08. The zero-order valence-electron chi connectivity index (χ0n) is 17.7. The number of imidazole rings is 1. The van der Waals surface area contributed by atoms with Crippen LogP contribution in [-0.4, -0.2) is 30.0 Å². The lowest BCUT2D eigenvalue weighted by Crippen LogP contribution is -2.24. The number of aryl methyl sites for hydroxylation is 4. The molecule has 5 rings (SSSR count). The summed E-state index contributed by atoms with van der Waals surface area (Å²) in [5.74, 6) is -0.225. The normalized spacial score (nSPS) is 13.6. The van der Waals surface area contributed by atoms with Crippen molar-refractivity contribution < 1.29 is 13.6 Å². The quantitative estimate of drug-likeness (QED) is 0.433. The van der Waals surface area contributed by atoms with Crippen molar-refractivity contribution in [3.05, 3.63) is 45.2 Å². The molecule has 8 nitrogen and oxygen atoms in total. The number of thiazole rings is 1. The molecule has 0 fully saturated rings. The van der Waals surface area contributed by atoms with Crippen LogP contribution < -0.4 is 10.9 Å². The van der Waals surface area contributed by atoms with Crippen molar-refractivity contribution in [2.45, 2.75) is 52.1 Å². The van der Waals surface area contributed by atoms with Crippen LogP contribution in [0.3, 0.4) is 0 Å². The van der Waals surface area contributed by atoms with E-state index in [1.807, 2.05) is 0 Å². The minimum absolute atomic E-state index is 0.0546. The van der Waals surface area contributed by atoms with Gasteiger partial charge >= 0.3 is 6.55 Å². The highest BCUT2D eigenvalue weighted by molar-refractivity contribution is 7.19. The third-order valence-corrected chi connectivity index (χ3v) is 7.92. The average molecular weight is 491 g/mol. The summed E-state index contributed by atoms with van der Waals surface area (Å²) in [6.07, 6.45) is 8.14. The number of amides is 1. The number of halogens is 2. The maximum Gasteiger partial charge on any atom is 0.320 e. The second kappa shape index (κ2) is 8.75. The van der Waals surface area contributed by atoms with Gasteiger partial charge in [-0.1, -0.05) is 11.3 Å². The lowest BCUT2D eigenvalue weighted by Gasteiger charge is -2.10. The fourth-order valence-corrected chi connectivity index (χ4v) is 6.25. The number of nitrogens with zero attached hydrogens (tertiary/aromatic N) is 5. The molecular weight excluding hydrogens is 470 g/mol. The van der Waals surface area contributed by atoms with Crippen LogP contribution in [-0.2, 0) is 24.2 Å². The fourth-order valence-electron chi connectivity index (χ4n) is 4.05. The molecule has 1 amide bonds. The van der Waals surface area contributed by atoms with Crippen LogP contribution >= 0.6 is 22.7 Å². The van der Waals surface area contributed by atoms with E-state index in [1.54, 1.807) is 18.3 Å². The van der Waals surface area contributed by atoms with Crippen LogP contribution in [0, 0.1) is 6.92 Å². The van der Waals surface area contributed by atoms with Crippen LogP contribution in [0.5, 0.6) is 0 Å². The summed E-state index contributed by atoms with van der Waals surface area (Å²) in [6, 6.07) is 0. The second-order valence-corrected chi connectivity index (χ2v) is 9.88. The fraction of sp³-hybridized carbons (Fsp3) is 0.381. The van der Waals surface area contributed by atoms with E-state index in [0.717, 1.165) is 52.0 Å². The lowest BCUT2D eigenvalue weighted by molar-refractivity contribution is -0.116. The van der Waals surface area contributed by atoms with Crippen molar-refractivity contribution in [2.24, 2.45) is 0 Å². The number of rotatable bonds is 6. The molecule has 0 spiro atoms. The monoisotopic (exact) mass is 490 g/mol. The van der Waals surface area contributed by atoms with Crippen LogP contribution in [0.15, 0.2) is 23.5 Å². The van der Waals surface area contributed by atoms with Gasteiger partial charge < -0.3 is 5.32 Å². The van der Waals surface area contributed by atoms with E-state index in [0.29, 0.717) is 21.1 Å². The molecule has 0 aromatic carbocycles. The molecule has 0 radical (unpaired) electrons. The van der Waals surface area contributed by atoms with Gasteiger partial charge in [0.15, 0.2) is 11.0 Å². The molecule has 0 bridgehead atoms. The number of anilines is 1. The van der Waals surface area contributed by atoms with Crippen LogP contribution in [0.25, 0.3) is 20.9 Å². The first-order valence-electron chi connectivity index (χ1n) is 10.5. The van der Waals surface area contributed by atoms with Crippen molar-refractivity contribution in [1.82, 2.24) is 24.1 Å². The van der Waals surface area contributed by atoms with E-state index >= 15 is 0 Å². The summed E-state index contributed by atoms with van der Waals surface area (Å²) in [5.41, 5.74) is 1.50. The van der Waals surface area contributed by atoms with E-state index in [9.17, 15) is 18.4 Å². The highest BCUT2D eigenvalue weighted by Gasteiger charge is 2.21.